The number of aromatic nitrogens is 1. The Morgan fingerprint density at radius 2 is 2.24 bits per heavy atom. The summed E-state index contributed by atoms with van der Waals surface area (Å²) < 4.78 is 0. The minimum atomic E-state index is -0.294. The fourth-order valence-corrected chi connectivity index (χ4v) is 1.64. The normalized spacial score (nSPS) is 9.48. The van der Waals surface area contributed by atoms with Crippen molar-refractivity contribution in [2.75, 3.05) is 26.7 Å². The number of aliphatic hydroxyl groups is 1. The van der Waals surface area contributed by atoms with Crippen LogP contribution in [0.3, 0.4) is 0 Å². The van der Waals surface area contributed by atoms with Crippen LogP contribution in [-0.4, -0.2) is 53.5 Å². The molecular weight excluding hydrogens is 270 g/mol. The summed E-state index contributed by atoms with van der Waals surface area (Å²) in [5, 5.41) is 11.4. The first-order valence-electron chi connectivity index (χ1n) is 6.66. The fraction of sp³-hybridized carbons (Fsp3) is 0.400. The number of rotatable bonds is 5. The standard InChI is InChI=1S/C15H19N3O3/c1-3-17-14(20)11-18(2)15(21)13-7-8-16-10-12(13)6-4-5-9-19/h7-8,10,19H,3,5,9,11H2,1-2H3,(H,17,20). The van der Waals surface area contributed by atoms with E-state index in [0.29, 0.717) is 24.1 Å². The van der Waals surface area contributed by atoms with Crippen LogP contribution >= 0.6 is 0 Å². The summed E-state index contributed by atoms with van der Waals surface area (Å²) in [6.45, 7) is 2.29. The zero-order chi connectivity index (χ0) is 15.7. The van der Waals surface area contributed by atoms with Gasteiger partial charge >= 0.3 is 0 Å². The lowest BCUT2D eigenvalue weighted by atomic mass is 10.1. The van der Waals surface area contributed by atoms with Gasteiger partial charge < -0.3 is 15.3 Å². The smallest absolute Gasteiger partial charge is 0.255 e. The predicted molar refractivity (Wildman–Crippen MR) is 78.5 cm³/mol. The Balaban J connectivity index is 2.87. The zero-order valence-electron chi connectivity index (χ0n) is 12.2. The summed E-state index contributed by atoms with van der Waals surface area (Å²) >= 11 is 0. The van der Waals surface area contributed by atoms with Gasteiger partial charge in [-0.25, -0.2) is 0 Å². The maximum Gasteiger partial charge on any atom is 0.255 e. The molecule has 0 bridgehead atoms. The van der Waals surface area contributed by atoms with Gasteiger partial charge in [0.2, 0.25) is 5.91 Å². The second-order valence-electron chi connectivity index (χ2n) is 4.31. The highest BCUT2D eigenvalue weighted by molar-refractivity contribution is 5.98. The number of aliphatic hydroxyl groups excluding tert-OH is 1. The molecule has 2 N–H and O–H groups in total. The van der Waals surface area contributed by atoms with Crippen molar-refractivity contribution in [1.29, 1.82) is 0 Å². The van der Waals surface area contributed by atoms with E-state index in [9.17, 15) is 9.59 Å². The highest BCUT2D eigenvalue weighted by atomic mass is 16.2. The molecule has 1 heterocycles. The SMILES string of the molecule is CCNC(=O)CN(C)C(=O)c1ccncc1C#CCCO. The van der Waals surface area contributed by atoms with Crippen LogP contribution in [0.15, 0.2) is 18.5 Å². The molecule has 0 aliphatic heterocycles. The average Bonchev–Trinajstić information content (AvgIpc) is 2.47. The summed E-state index contributed by atoms with van der Waals surface area (Å²) in [5.74, 6) is 5.06. The van der Waals surface area contributed by atoms with Gasteiger partial charge in [0.25, 0.3) is 5.91 Å². The molecule has 0 aromatic carbocycles. The number of nitrogens with zero attached hydrogens (tertiary/aromatic N) is 2. The molecular formula is C15H19N3O3. The van der Waals surface area contributed by atoms with Crippen molar-refractivity contribution >= 4 is 11.8 Å². The van der Waals surface area contributed by atoms with Crippen LogP contribution in [0.4, 0.5) is 0 Å². The molecule has 2 amide bonds. The van der Waals surface area contributed by atoms with Crippen LogP contribution < -0.4 is 5.32 Å². The topological polar surface area (TPSA) is 82.5 Å². The van der Waals surface area contributed by atoms with Gasteiger partial charge in [-0.15, -0.1) is 0 Å². The Labute approximate surface area is 124 Å². The van der Waals surface area contributed by atoms with Gasteiger partial charge in [-0.3, -0.25) is 14.6 Å². The minimum absolute atomic E-state index is 0.0154. The van der Waals surface area contributed by atoms with E-state index in [1.54, 1.807) is 13.1 Å². The molecule has 0 unspecified atom stereocenters. The summed E-state index contributed by atoms with van der Waals surface area (Å²) in [4.78, 5) is 29.1. The zero-order valence-corrected chi connectivity index (χ0v) is 12.2. The molecule has 0 atom stereocenters. The molecule has 0 saturated carbocycles. The summed E-state index contributed by atoms with van der Waals surface area (Å²) in [6.07, 6.45) is 3.33. The fourth-order valence-electron chi connectivity index (χ4n) is 1.64. The van der Waals surface area contributed by atoms with E-state index in [1.165, 1.54) is 17.3 Å². The van der Waals surface area contributed by atoms with E-state index in [0.717, 1.165) is 0 Å². The molecule has 0 spiro atoms. The molecule has 21 heavy (non-hydrogen) atoms. The molecule has 0 radical (unpaired) electrons. The molecule has 0 saturated heterocycles. The van der Waals surface area contributed by atoms with E-state index in [4.69, 9.17) is 5.11 Å². The largest absolute Gasteiger partial charge is 0.395 e. The number of hydrogen-bond acceptors (Lipinski definition) is 4. The summed E-state index contributed by atoms with van der Waals surface area (Å²) in [7, 11) is 1.56. The Bertz CT molecular complexity index is 561. The van der Waals surface area contributed by atoms with Crippen molar-refractivity contribution in [3.8, 4) is 11.8 Å². The van der Waals surface area contributed by atoms with Gasteiger partial charge in [0.1, 0.15) is 0 Å². The third-order valence-corrected chi connectivity index (χ3v) is 2.61. The summed E-state index contributed by atoms with van der Waals surface area (Å²) in [5.41, 5.74) is 0.876. The molecule has 112 valence electrons. The third-order valence-electron chi connectivity index (χ3n) is 2.61. The molecule has 0 aliphatic rings. The Kier molecular flexibility index (Phi) is 6.92. The minimum Gasteiger partial charge on any atom is -0.395 e. The Hall–Kier alpha value is -2.39. The predicted octanol–water partition coefficient (Wildman–Crippen LogP) is 0.0236. The van der Waals surface area contributed by atoms with Gasteiger partial charge in [0.15, 0.2) is 0 Å². The molecule has 6 heteroatoms. The van der Waals surface area contributed by atoms with Crippen molar-refractivity contribution in [2.45, 2.75) is 13.3 Å². The average molecular weight is 289 g/mol. The monoisotopic (exact) mass is 289 g/mol. The van der Waals surface area contributed by atoms with Gasteiger partial charge in [-0.1, -0.05) is 11.8 Å². The van der Waals surface area contributed by atoms with E-state index >= 15 is 0 Å². The first kappa shape index (κ1) is 16.7. The molecule has 6 nitrogen and oxygen atoms in total. The van der Waals surface area contributed by atoms with Crippen molar-refractivity contribution in [2.24, 2.45) is 0 Å². The molecule has 1 rings (SSSR count). The molecule has 1 aromatic rings. The third kappa shape index (κ3) is 5.24. The lowest BCUT2D eigenvalue weighted by Gasteiger charge is -2.17. The van der Waals surface area contributed by atoms with Gasteiger partial charge in [-0.05, 0) is 13.0 Å². The van der Waals surface area contributed by atoms with E-state index in [-0.39, 0.29) is 25.0 Å². The number of hydrogen-bond donors (Lipinski definition) is 2. The second-order valence-corrected chi connectivity index (χ2v) is 4.31. The van der Waals surface area contributed by atoms with Crippen molar-refractivity contribution in [3.05, 3.63) is 29.6 Å². The number of nitrogens with one attached hydrogen (secondary N) is 1. The van der Waals surface area contributed by atoms with E-state index in [1.807, 2.05) is 6.92 Å². The lowest BCUT2D eigenvalue weighted by Crippen LogP contribution is -2.38. The van der Waals surface area contributed by atoms with Crippen molar-refractivity contribution in [3.63, 3.8) is 0 Å². The van der Waals surface area contributed by atoms with Gasteiger partial charge in [0.05, 0.1) is 24.3 Å². The highest BCUT2D eigenvalue weighted by Crippen LogP contribution is 2.08. The van der Waals surface area contributed by atoms with Gasteiger partial charge in [-0.2, -0.15) is 0 Å². The number of amides is 2. The van der Waals surface area contributed by atoms with Crippen molar-refractivity contribution in [1.82, 2.24) is 15.2 Å². The Morgan fingerprint density at radius 3 is 2.90 bits per heavy atom. The van der Waals surface area contributed by atoms with Crippen molar-refractivity contribution < 1.29 is 14.7 Å². The van der Waals surface area contributed by atoms with E-state index in [2.05, 4.69) is 22.1 Å². The maximum atomic E-state index is 12.3. The number of carbonyl (C=O) groups is 2. The second kappa shape index (κ2) is 8.72. The first-order chi connectivity index (χ1) is 10.1. The maximum absolute atomic E-state index is 12.3. The molecule has 1 aromatic heterocycles. The quantitative estimate of drug-likeness (QED) is 0.749. The van der Waals surface area contributed by atoms with Crippen LogP contribution in [0.25, 0.3) is 0 Å². The van der Waals surface area contributed by atoms with Crippen LogP contribution in [0, 0.1) is 11.8 Å². The number of likely N-dealkylation sites (N-methyl/N-ethyl adjacent to an activating group) is 2. The van der Waals surface area contributed by atoms with Crippen LogP contribution in [0.1, 0.15) is 29.3 Å². The molecule has 0 aliphatic carbocycles. The van der Waals surface area contributed by atoms with Crippen LogP contribution in [0.5, 0.6) is 0 Å². The lowest BCUT2D eigenvalue weighted by molar-refractivity contribution is -0.121. The van der Waals surface area contributed by atoms with Gasteiger partial charge in [0, 0.05) is 32.4 Å². The highest BCUT2D eigenvalue weighted by Gasteiger charge is 2.17. The Morgan fingerprint density at radius 1 is 1.48 bits per heavy atom. The number of carbonyl (C=O) groups excluding carboxylic acids is 2. The van der Waals surface area contributed by atoms with E-state index < -0.39 is 0 Å². The van der Waals surface area contributed by atoms with Crippen LogP contribution in [0.2, 0.25) is 0 Å². The summed E-state index contributed by atoms with van der Waals surface area (Å²) in [6, 6.07) is 1.57. The molecule has 0 fully saturated rings. The van der Waals surface area contributed by atoms with Crippen LogP contribution in [-0.2, 0) is 4.79 Å². The number of pyridine rings is 1. The first-order valence-corrected chi connectivity index (χ1v) is 6.66.